The summed E-state index contributed by atoms with van der Waals surface area (Å²) in [6, 6.07) is 6.30. The van der Waals surface area contributed by atoms with Crippen LogP contribution in [0, 0.1) is 6.92 Å². The normalized spacial score (nSPS) is 13.1. The second kappa shape index (κ2) is 7.37. The zero-order valence-corrected chi connectivity index (χ0v) is 19.2. The molecule has 5 rings (SSSR count). The van der Waals surface area contributed by atoms with Gasteiger partial charge in [-0.05, 0) is 39.8 Å². The Balaban J connectivity index is 1.67. The van der Waals surface area contributed by atoms with Gasteiger partial charge in [-0.3, -0.25) is 4.57 Å². The van der Waals surface area contributed by atoms with Crippen LogP contribution in [0.4, 0.5) is 0 Å². The summed E-state index contributed by atoms with van der Waals surface area (Å²) in [5, 5.41) is 13.2. The molecule has 1 aromatic carbocycles. The second-order valence-electron chi connectivity index (χ2n) is 9.47. The van der Waals surface area contributed by atoms with E-state index in [-0.39, 0.29) is 11.5 Å². The maximum Gasteiger partial charge on any atom is 0.229 e. The first-order valence-corrected chi connectivity index (χ1v) is 10.8. The number of aryl methyl sites for hydroxylation is 1. The van der Waals surface area contributed by atoms with Crippen molar-refractivity contribution < 1.29 is 9.26 Å². The van der Waals surface area contributed by atoms with Gasteiger partial charge in [0, 0.05) is 11.5 Å². The molecule has 0 amide bonds. The van der Waals surface area contributed by atoms with E-state index < -0.39 is 0 Å². The highest BCUT2D eigenvalue weighted by Gasteiger charge is 2.28. The lowest BCUT2D eigenvalue weighted by molar-refractivity contribution is -0.0192. The van der Waals surface area contributed by atoms with Crippen LogP contribution in [0.2, 0.25) is 0 Å². The molecule has 0 saturated carbocycles. The molecular weight excluding hydrogens is 406 g/mol. The first kappa shape index (κ1) is 20.6. The number of nitrogens with zero attached hydrogens (tertiary/aromatic N) is 7. The molecule has 4 aromatic rings. The Morgan fingerprint density at radius 3 is 2.72 bits per heavy atom. The van der Waals surface area contributed by atoms with Crippen molar-refractivity contribution in [1.82, 2.24) is 34.5 Å². The number of hydrogen-bond acceptors (Lipinski definition) is 7. The lowest BCUT2D eigenvalue weighted by Crippen LogP contribution is -2.20. The predicted octanol–water partition coefficient (Wildman–Crippen LogP) is 4.29. The molecule has 0 radical (unpaired) electrons. The van der Waals surface area contributed by atoms with Crippen LogP contribution in [0.3, 0.4) is 0 Å². The average Bonchev–Trinajstić information content (AvgIpc) is 3.43. The van der Waals surface area contributed by atoms with E-state index >= 15 is 0 Å². The van der Waals surface area contributed by atoms with E-state index in [4.69, 9.17) is 9.26 Å². The summed E-state index contributed by atoms with van der Waals surface area (Å²) in [4.78, 5) is 9.25. The quantitative estimate of drug-likeness (QED) is 0.417. The molecule has 0 fully saturated rings. The molecule has 0 N–H and O–H groups in total. The van der Waals surface area contributed by atoms with Crippen LogP contribution in [-0.4, -0.2) is 40.1 Å². The lowest BCUT2D eigenvalue weighted by atomic mass is 10.1. The maximum atomic E-state index is 6.02. The Bertz CT molecular complexity index is 1290. The van der Waals surface area contributed by atoms with Gasteiger partial charge in [0.1, 0.15) is 18.6 Å². The third kappa shape index (κ3) is 3.52. The van der Waals surface area contributed by atoms with Gasteiger partial charge in [0.05, 0.1) is 23.5 Å². The van der Waals surface area contributed by atoms with E-state index in [2.05, 4.69) is 59.6 Å². The van der Waals surface area contributed by atoms with E-state index in [1.807, 2.05) is 40.9 Å². The zero-order valence-electron chi connectivity index (χ0n) is 19.2. The van der Waals surface area contributed by atoms with Crippen LogP contribution in [0.25, 0.3) is 28.6 Å². The number of benzene rings is 1. The number of hydrogen-bond donors (Lipinski definition) is 0. The van der Waals surface area contributed by atoms with Crippen molar-refractivity contribution in [2.75, 3.05) is 0 Å². The highest BCUT2D eigenvalue weighted by molar-refractivity contribution is 5.71. The average molecular weight is 434 g/mol. The lowest BCUT2D eigenvalue weighted by Gasteiger charge is -2.19. The van der Waals surface area contributed by atoms with Gasteiger partial charge in [-0.25, -0.2) is 4.98 Å². The van der Waals surface area contributed by atoms with Crippen LogP contribution >= 0.6 is 0 Å². The van der Waals surface area contributed by atoms with Crippen LogP contribution < -0.4 is 0 Å². The summed E-state index contributed by atoms with van der Waals surface area (Å²) in [7, 11) is 0. The van der Waals surface area contributed by atoms with E-state index in [1.54, 1.807) is 0 Å². The van der Waals surface area contributed by atoms with Gasteiger partial charge in [0.2, 0.25) is 11.7 Å². The van der Waals surface area contributed by atoms with Crippen molar-refractivity contribution in [2.45, 2.75) is 66.2 Å². The maximum absolute atomic E-state index is 6.02. The van der Waals surface area contributed by atoms with E-state index in [9.17, 15) is 0 Å². The highest BCUT2D eigenvalue weighted by Crippen LogP contribution is 2.35. The van der Waals surface area contributed by atoms with Crippen molar-refractivity contribution in [2.24, 2.45) is 0 Å². The molecule has 0 atom stereocenters. The van der Waals surface area contributed by atoms with Gasteiger partial charge in [0.25, 0.3) is 0 Å². The van der Waals surface area contributed by atoms with Crippen molar-refractivity contribution in [3.8, 4) is 28.6 Å². The van der Waals surface area contributed by atoms with Gasteiger partial charge in [-0.2, -0.15) is 4.98 Å². The van der Waals surface area contributed by atoms with Gasteiger partial charge in [0.15, 0.2) is 11.6 Å². The Kier molecular flexibility index (Phi) is 4.74. The van der Waals surface area contributed by atoms with Gasteiger partial charge in [-0.1, -0.05) is 30.6 Å². The molecule has 9 nitrogen and oxygen atoms in total. The third-order valence-corrected chi connectivity index (χ3v) is 5.44. The monoisotopic (exact) mass is 433 g/mol. The molecule has 4 heterocycles. The van der Waals surface area contributed by atoms with Gasteiger partial charge >= 0.3 is 0 Å². The van der Waals surface area contributed by atoms with E-state index in [0.29, 0.717) is 30.6 Å². The van der Waals surface area contributed by atoms with Crippen molar-refractivity contribution in [1.29, 1.82) is 0 Å². The van der Waals surface area contributed by atoms with Crippen molar-refractivity contribution in [3.63, 3.8) is 0 Å². The molecule has 0 aliphatic carbocycles. The summed E-state index contributed by atoms with van der Waals surface area (Å²) in [5.74, 6) is 2.79. The largest absolute Gasteiger partial charge is 0.368 e. The standard InChI is InChI=1S/C23H27N7O2/c1-13(2)22-25-20(28-32-22)19-17-10-29-18(11-31-23(4,5)6)26-27-21(29)15-9-14(3)7-8-16(15)30(17)12-24-19/h7-9,12-13H,10-11H2,1-6H3. The number of ether oxygens (including phenoxy) is 1. The van der Waals surface area contributed by atoms with Crippen LogP contribution in [-0.2, 0) is 17.9 Å². The Morgan fingerprint density at radius 2 is 2.00 bits per heavy atom. The fraction of sp³-hybridized carbons (Fsp3) is 0.435. The Hall–Kier alpha value is -3.33. The fourth-order valence-electron chi connectivity index (χ4n) is 3.76. The zero-order chi connectivity index (χ0) is 22.6. The summed E-state index contributed by atoms with van der Waals surface area (Å²) in [5.41, 5.74) is 4.49. The molecule has 0 bridgehead atoms. The van der Waals surface area contributed by atoms with Crippen molar-refractivity contribution in [3.05, 3.63) is 47.5 Å². The molecule has 32 heavy (non-hydrogen) atoms. The van der Waals surface area contributed by atoms with E-state index in [0.717, 1.165) is 34.2 Å². The summed E-state index contributed by atoms with van der Waals surface area (Å²) < 4.78 is 15.6. The SMILES string of the molecule is Cc1ccc2c(c1)-c1nnc(COC(C)(C)C)n1Cc1c(-c3noc(C(C)C)n3)ncn1-2. The fourth-order valence-corrected chi connectivity index (χ4v) is 3.76. The van der Waals surface area contributed by atoms with Crippen LogP contribution in [0.1, 0.15) is 63.5 Å². The molecule has 1 aliphatic heterocycles. The number of rotatable bonds is 4. The minimum absolute atomic E-state index is 0.145. The predicted molar refractivity (Wildman–Crippen MR) is 118 cm³/mol. The molecule has 3 aromatic heterocycles. The minimum Gasteiger partial charge on any atom is -0.368 e. The summed E-state index contributed by atoms with van der Waals surface area (Å²) in [6.07, 6.45) is 1.81. The minimum atomic E-state index is -0.281. The smallest absolute Gasteiger partial charge is 0.229 e. The van der Waals surface area contributed by atoms with Crippen LogP contribution in [0.15, 0.2) is 29.0 Å². The number of aromatic nitrogens is 7. The van der Waals surface area contributed by atoms with Crippen LogP contribution in [0.5, 0.6) is 0 Å². The van der Waals surface area contributed by atoms with Gasteiger partial charge in [-0.15, -0.1) is 10.2 Å². The first-order valence-electron chi connectivity index (χ1n) is 10.8. The highest BCUT2D eigenvalue weighted by atomic mass is 16.5. The Labute approximate surface area is 186 Å². The van der Waals surface area contributed by atoms with Gasteiger partial charge < -0.3 is 13.8 Å². The molecule has 0 unspecified atom stereocenters. The molecule has 0 spiro atoms. The Morgan fingerprint density at radius 1 is 1.19 bits per heavy atom. The molecule has 1 aliphatic rings. The van der Waals surface area contributed by atoms with Crippen molar-refractivity contribution >= 4 is 0 Å². The molecule has 0 saturated heterocycles. The number of fused-ring (bicyclic) bond motifs is 5. The van der Waals surface area contributed by atoms with E-state index in [1.165, 1.54) is 0 Å². The summed E-state index contributed by atoms with van der Waals surface area (Å²) in [6.45, 7) is 13.1. The number of imidazole rings is 1. The first-order chi connectivity index (χ1) is 15.2. The molecule has 9 heteroatoms. The molecule has 166 valence electrons. The third-order valence-electron chi connectivity index (χ3n) is 5.44. The topological polar surface area (TPSA) is 96.7 Å². The molecular formula is C23H27N7O2. The summed E-state index contributed by atoms with van der Waals surface area (Å²) >= 11 is 0. The second-order valence-corrected chi connectivity index (χ2v) is 9.47.